The van der Waals surface area contributed by atoms with E-state index in [9.17, 15) is 22.8 Å². The first-order chi connectivity index (χ1) is 14.1. The number of rotatable bonds is 7. The van der Waals surface area contributed by atoms with E-state index in [0.29, 0.717) is 18.7 Å². The second-order valence-corrected chi connectivity index (χ2v) is 6.79. The van der Waals surface area contributed by atoms with Crippen LogP contribution in [-0.2, 0) is 13.1 Å². The number of amides is 1. The number of aromatic nitrogens is 3. The summed E-state index contributed by atoms with van der Waals surface area (Å²) in [6.07, 6.45) is -3.48. The molecule has 0 fully saturated rings. The molecule has 1 N–H and O–H groups in total. The summed E-state index contributed by atoms with van der Waals surface area (Å²) in [7, 11) is 3.75. The molecule has 30 heavy (non-hydrogen) atoms. The maximum Gasteiger partial charge on any atom is 0.573 e. The Morgan fingerprint density at radius 2 is 1.93 bits per heavy atom. The largest absolute Gasteiger partial charge is 0.573 e. The van der Waals surface area contributed by atoms with Gasteiger partial charge in [-0.25, -0.2) is 13.9 Å². The van der Waals surface area contributed by atoms with Crippen LogP contribution in [0.5, 0.6) is 5.75 Å². The molecule has 0 spiro atoms. The number of benzene rings is 1. The van der Waals surface area contributed by atoms with Crippen molar-refractivity contribution in [2.24, 2.45) is 0 Å². The zero-order chi connectivity index (χ0) is 21.9. The van der Waals surface area contributed by atoms with E-state index >= 15 is 0 Å². The Labute approximate surface area is 169 Å². The molecule has 0 aliphatic rings. The van der Waals surface area contributed by atoms with Crippen LogP contribution in [-0.4, -0.2) is 52.0 Å². The fraction of sp³-hybridized carbons (Fsp3) is 0.316. The van der Waals surface area contributed by atoms with Gasteiger partial charge in [-0.1, -0.05) is 18.2 Å². The minimum absolute atomic E-state index is 0.165. The lowest BCUT2D eigenvalue weighted by Crippen LogP contribution is -2.28. The van der Waals surface area contributed by atoms with Crippen molar-refractivity contribution in [2.45, 2.75) is 19.5 Å². The lowest BCUT2D eigenvalue weighted by Gasteiger charge is -2.13. The van der Waals surface area contributed by atoms with Crippen LogP contribution >= 0.6 is 0 Å². The number of para-hydroxylation sites is 1. The zero-order valence-corrected chi connectivity index (χ0v) is 16.3. The lowest BCUT2D eigenvalue weighted by molar-refractivity contribution is -0.274. The third-order valence-corrected chi connectivity index (χ3v) is 4.24. The predicted octanol–water partition coefficient (Wildman–Crippen LogP) is 1.89. The second kappa shape index (κ2) is 8.57. The highest BCUT2D eigenvalue weighted by molar-refractivity contribution is 5.94. The highest BCUT2D eigenvalue weighted by Crippen LogP contribution is 2.26. The molecule has 0 unspecified atom stereocenters. The van der Waals surface area contributed by atoms with E-state index in [1.54, 1.807) is 6.07 Å². The minimum Gasteiger partial charge on any atom is -0.405 e. The number of carbonyl (C=O) groups excluding carboxylic acids is 1. The SMILES string of the molecule is CN(C)CCn1nc2ccc(C(=O)NCc3ccccc3OC(F)(F)F)cn2c1=O. The van der Waals surface area contributed by atoms with Gasteiger partial charge >= 0.3 is 12.1 Å². The first kappa shape index (κ1) is 21.4. The third kappa shape index (κ3) is 5.17. The highest BCUT2D eigenvalue weighted by atomic mass is 19.4. The molecule has 2 aromatic heterocycles. The van der Waals surface area contributed by atoms with Crippen molar-refractivity contribution in [1.29, 1.82) is 0 Å². The molecule has 2 heterocycles. The molecule has 0 radical (unpaired) electrons. The Morgan fingerprint density at radius 3 is 2.63 bits per heavy atom. The number of hydrogen-bond donors (Lipinski definition) is 1. The number of nitrogens with one attached hydrogen (secondary N) is 1. The van der Waals surface area contributed by atoms with E-state index in [4.69, 9.17) is 0 Å². The predicted molar refractivity (Wildman–Crippen MR) is 102 cm³/mol. The summed E-state index contributed by atoms with van der Waals surface area (Å²) < 4.78 is 44.1. The smallest absolute Gasteiger partial charge is 0.405 e. The van der Waals surface area contributed by atoms with Crippen molar-refractivity contribution in [1.82, 2.24) is 24.4 Å². The van der Waals surface area contributed by atoms with Gasteiger partial charge in [0, 0.05) is 24.8 Å². The number of likely N-dealkylation sites (N-methyl/N-ethyl adjacent to an activating group) is 1. The van der Waals surface area contributed by atoms with Crippen molar-refractivity contribution in [3.05, 3.63) is 64.2 Å². The summed E-state index contributed by atoms with van der Waals surface area (Å²) in [5.74, 6) is -0.939. The van der Waals surface area contributed by atoms with E-state index in [2.05, 4.69) is 15.2 Å². The molecule has 1 amide bonds. The average molecular weight is 423 g/mol. The van der Waals surface area contributed by atoms with E-state index in [1.807, 2.05) is 19.0 Å². The molecule has 0 atom stereocenters. The van der Waals surface area contributed by atoms with Crippen LogP contribution in [0.3, 0.4) is 0 Å². The van der Waals surface area contributed by atoms with Crippen molar-refractivity contribution in [3.8, 4) is 5.75 Å². The van der Waals surface area contributed by atoms with Gasteiger partial charge in [-0.05, 0) is 32.3 Å². The van der Waals surface area contributed by atoms with Crippen molar-refractivity contribution >= 4 is 11.6 Å². The topological polar surface area (TPSA) is 80.9 Å². The molecule has 0 aliphatic carbocycles. The number of pyridine rings is 1. The number of hydrogen-bond acceptors (Lipinski definition) is 5. The number of nitrogens with zero attached hydrogens (tertiary/aromatic N) is 4. The van der Waals surface area contributed by atoms with Crippen molar-refractivity contribution in [2.75, 3.05) is 20.6 Å². The van der Waals surface area contributed by atoms with Crippen LogP contribution in [0.25, 0.3) is 5.65 Å². The second-order valence-electron chi connectivity index (χ2n) is 6.79. The van der Waals surface area contributed by atoms with E-state index in [-0.39, 0.29) is 29.1 Å². The zero-order valence-electron chi connectivity index (χ0n) is 16.3. The van der Waals surface area contributed by atoms with Gasteiger partial charge in [0.2, 0.25) is 0 Å². The maximum atomic E-state index is 12.5. The van der Waals surface area contributed by atoms with Crippen LogP contribution in [0.15, 0.2) is 47.4 Å². The average Bonchev–Trinajstić information content (AvgIpc) is 2.99. The van der Waals surface area contributed by atoms with Gasteiger partial charge in [0.05, 0.1) is 12.1 Å². The molecule has 1 aromatic carbocycles. The van der Waals surface area contributed by atoms with Gasteiger partial charge in [-0.3, -0.25) is 4.79 Å². The Hall–Kier alpha value is -3.34. The number of halogens is 3. The number of alkyl halides is 3. The van der Waals surface area contributed by atoms with Gasteiger partial charge in [0.1, 0.15) is 5.75 Å². The molecule has 160 valence electrons. The summed E-state index contributed by atoms with van der Waals surface area (Å²) in [6, 6.07) is 8.56. The highest BCUT2D eigenvalue weighted by Gasteiger charge is 2.32. The van der Waals surface area contributed by atoms with Crippen LogP contribution in [0, 0.1) is 0 Å². The molecule has 11 heteroatoms. The number of carbonyl (C=O) groups is 1. The van der Waals surface area contributed by atoms with Gasteiger partial charge in [-0.15, -0.1) is 18.3 Å². The fourth-order valence-electron chi connectivity index (χ4n) is 2.74. The molecule has 0 saturated carbocycles. The molecule has 3 aromatic rings. The van der Waals surface area contributed by atoms with Crippen LogP contribution in [0.4, 0.5) is 13.2 Å². The minimum atomic E-state index is -4.83. The summed E-state index contributed by atoms with van der Waals surface area (Å²) in [5, 5.41) is 6.75. The molecular weight excluding hydrogens is 403 g/mol. The quantitative estimate of drug-likeness (QED) is 0.628. The first-order valence-corrected chi connectivity index (χ1v) is 9.00. The van der Waals surface area contributed by atoms with Gasteiger partial charge in [-0.2, -0.15) is 0 Å². The molecular formula is C19H20F3N5O3. The van der Waals surface area contributed by atoms with Gasteiger partial charge in [0.15, 0.2) is 5.65 Å². The van der Waals surface area contributed by atoms with Crippen LogP contribution in [0.2, 0.25) is 0 Å². The monoisotopic (exact) mass is 423 g/mol. The number of ether oxygens (including phenoxy) is 1. The van der Waals surface area contributed by atoms with E-state index < -0.39 is 12.3 Å². The van der Waals surface area contributed by atoms with Crippen molar-refractivity contribution in [3.63, 3.8) is 0 Å². The van der Waals surface area contributed by atoms with Crippen LogP contribution in [0.1, 0.15) is 15.9 Å². The van der Waals surface area contributed by atoms with Crippen LogP contribution < -0.4 is 15.7 Å². The van der Waals surface area contributed by atoms with Gasteiger partial charge < -0.3 is 15.0 Å². The molecule has 0 aliphatic heterocycles. The Balaban J connectivity index is 1.75. The summed E-state index contributed by atoms with van der Waals surface area (Å²) in [6.45, 7) is 0.835. The Kier molecular flexibility index (Phi) is 6.11. The standard InChI is InChI=1S/C19H20F3N5O3/c1-25(2)9-10-27-18(29)26-12-14(7-8-16(26)24-27)17(28)23-11-13-5-3-4-6-15(13)30-19(20,21)22/h3-8,12H,9-11H2,1-2H3,(H,23,28). The Bertz CT molecular complexity index is 1100. The summed E-state index contributed by atoms with van der Waals surface area (Å²) in [5.41, 5.74) is 0.341. The summed E-state index contributed by atoms with van der Waals surface area (Å²) >= 11 is 0. The first-order valence-electron chi connectivity index (χ1n) is 9.00. The van der Waals surface area contributed by atoms with Crippen molar-refractivity contribution < 1.29 is 22.7 Å². The molecule has 0 saturated heterocycles. The Morgan fingerprint density at radius 1 is 1.20 bits per heavy atom. The van der Waals surface area contributed by atoms with E-state index in [1.165, 1.54) is 45.6 Å². The number of fused-ring (bicyclic) bond motifs is 1. The molecule has 0 bridgehead atoms. The normalized spacial score (nSPS) is 11.8. The maximum absolute atomic E-state index is 12.5. The van der Waals surface area contributed by atoms with E-state index in [0.717, 1.165) is 0 Å². The third-order valence-electron chi connectivity index (χ3n) is 4.24. The summed E-state index contributed by atoms with van der Waals surface area (Å²) in [4.78, 5) is 26.8. The lowest BCUT2D eigenvalue weighted by atomic mass is 10.2. The molecule has 3 rings (SSSR count). The van der Waals surface area contributed by atoms with Gasteiger partial charge in [0.25, 0.3) is 5.91 Å². The molecule has 8 nitrogen and oxygen atoms in total. The fourth-order valence-corrected chi connectivity index (χ4v) is 2.74.